The highest BCUT2D eigenvalue weighted by Gasteiger charge is 2.16. The molecule has 1 fully saturated rings. The Kier molecular flexibility index (Phi) is 3.48. The number of rotatable bonds is 4. The maximum Gasteiger partial charge on any atom is 0.335 e. The van der Waals surface area contributed by atoms with Crippen molar-refractivity contribution in [3.05, 3.63) is 28.8 Å². The Labute approximate surface area is 115 Å². The fourth-order valence-electron chi connectivity index (χ4n) is 2.37. The van der Waals surface area contributed by atoms with Crippen molar-refractivity contribution in [3.63, 3.8) is 0 Å². The molecule has 1 N–H and O–H groups in total. The fourth-order valence-corrected chi connectivity index (χ4v) is 3.39. The van der Waals surface area contributed by atoms with Crippen molar-refractivity contribution >= 4 is 27.5 Å². The van der Waals surface area contributed by atoms with Gasteiger partial charge in [-0.1, -0.05) is 0 Å². The second-order valence-corrected chi connectivity index (χ2v) is 5.88. The zero-order valence-electron chi connectivity index (χ0n) is 10.5. The molecule has 0 bridgehead atoms. The van der Waals surface area contributed by atoms with Crippen molar-refractivity contribution in [2.45, 2.75) is 31.8 Å². The average Bonchev–Trinajstić information content (AvgIpc) is 3.04. The van der Waals surface area contributed by atoms with Crippen molar-refractivity contribution < 1.29 is 14.6 Å². The molecule has 3 rings (SSSR count). The number of hydrogen-bond donors (Lipinski definition) is 1. The molecule has 0 saturated carbocycles. The minimum absolute atomic E-state index is 0.321. The van der Waals surface area contributed by atoms with Crippen LogP contribution in [0.25, 0.3) is 10.2 Å². The van der Waals surface area contributed by atoms with E-state index in [1.54, 1.807) is 29.5 Å². The van der Waals surface area contributed by atoms with E-state index in [1.165, 1.54) is 0 Å². The van der Waals surface area contributed by atoms with E-state index in [4.69, 9.17) is 9.84 Å². The average molecular weight is 277 g/mol. The van der Waals surface area contributed by atoms with E-state index in [2.05, 4.69) is 4.98 Å². The van der Waals surface area contributed by atoms with Crippen LogP contribution in [0.1, 0.15) is 34.6 Å². The van der Waals surface area contributed by atoms with E-state index in [-0.39, 0.29) is 0 Å². The highest BCUT2D eigenvalue weighted by Crippen LogP contribution is 2.26. The smallest absolute Gasteiger partial charge is 0.335 e. The van der Waals surface area contributed by atoms with Crippen LogP contribution in [-0.4, -0.2) is 28.8 Å². The second-order valence-electron chi connectivity index (χ2n) is 4.77. The van der Waals surface area contributed by atoms with E-state index in [0.717, 1.165) is 47.5 Å². The quantitative estimate of drug-likeness (QED) is 0.933. The monoisotopic (exact) mass is 277 g/mol. The van der Waals surface area contributed by atoms with Crippen molar-refractivity contribution in [3.8, 4) is 0 Å². The van der Waals surface area contributed by atoms with Crippen LogP contribution in [0.2, 0.25) is 0 Å². The molecule has 0 amide bonds. The molecule has 4 nitrogen and oxygen atoms in total. The van der Waals surface area contributed by atoms with Crippen LogP contribution in [-0.2, 0) is 11.2 Å². The van der Waals surface area contributed by atoms with Crippen LogP contribution in [0.4, 0.5) is 0 Å². The van der Waals surface area contributed by atoms with Gasteiger partial charge in [-0.25, -0.2) is 9.78 Å². The van der Waals surface area contributed by atoms with Crippen LogP contribution in [0.3, 0.4) is 0 Å². The standard InChI is InChI=1S/C14H15NO3S/c16-14(17)9-3-5-11-12(8-9)19-13(15-11)6-4-10-2-1-7-18-10/h3,5,8,10H,1-2,4,6-7H2,(H,16,17). The van der Waals surface area contributed by atoms with Gasteiger partial charge in [-0.2, -0.15) is 0 Å². The number of nitrogens with zero attached hydrogens (tertiary/aromatic N) is 1. The number of ether oxygens (including phenoxy) is 1. The summed E-state index contributed by atoms with van der Waals surface area (Å²) in [5.41, 5.74) is 1.21. The van der Waals surface area contributed by atoms with Crippen LogP contribution in [0.15, 0.2) is 18.2 Å². The highest BCUT2D eigenvalue weighted by atomic mass is 32.1. The predicted molar refractivity (Wildman–Crippen MR) is 73.9 cm³/mol. The summed E-state index contributed by atoms with van der Waals surface area (Å²) in [5, 5.41) is 10.0. The van der Waals surface area contributed by atoms with Crippen LogP contribution >= 0.6 is 11.3 Å². The van der Waals surface area contributed by atoms with E-state index in [9.17, 15) is 4.79 Å². The van der Waals surface area contributed by atoms with Gasteiger partial charge in [-0.05, 0) is 37.5 Å². The van der Waals surface area contributed by atoms with Gasteiger partial charge in [0.1, 0.15) is 0 Å². The number of fused-ring (bicyclic) bond motifs is 1. The first-order valence-corrected chi connectivity index (χ1v) is 7.28. The van der Waals surface area contributed by atoms with E-state index in [0.29, 0.717) is 11.7 Å². The number of carboxylic acid groups (broad SMARTS) is 1. The zero-order valence-corrected chi connectivity index (χ0v) is 11.3. The molecular weight excluding hydrogens is 262 g/mol. The van der Waals surface area contributed by atoms with Gasteiger partial charge >= 0.3 is 5.97 Å². The molecule has 0 spiro atoms. The number of aromatic carboxylic acids is 1. The van der Waals surface area contributed by atoms with Crippen LogP contribution in [0, 0.1) is 0 Å². The van der Waals surface area contributed by atoms with Gasteiger partial charge in [0.15, 0.2) is 0 Å². The van der Waals surface area contributed by atoms with E-state index in [1.807, 2.05) is 0 Å². The van der Waals surface area contributed by atoms with Gasteiger partial charge in [-0.3, -0.25) is 0 Å². The Bertz CT molecular complexity index is 602. The van der Waals surface area contributed by atoms with Crippen molar-refractivity contribution in [1.82, 2.24) is 4.98 Å². The van der Waals surface area contributed by atoms with Gasteiger partial charge in [0.25, 0.3) is 0 Å². The third kappa shape index (κ3) is 2.77. The molecule has 1 aliphatic heterocycles. The number of hydrogen-bond acceptors (Lipinski definition) is 4. The molecular formula is C14H15NO3S. The maximum atomic E-state index is 10.9. The molecule has 2 heterocycles. The number of aromatic nitrogens is 1. The largest absolute Gasteiger partial charge is 0.478 e. The van der Waals surface area contributed by atoms with E-state index >= 15 is 0 Å². The molecule has 2 aromatic rings. The minimum Gasteiger partial charge on any atom is -0.478 e. The molecule has 0 radical (unpaired) electrons. The molecule has 1 saturated heterocycles. The van der Waals surface area contributed by atoms with Gasteiger partial charge in [-0.15, -0.1) is 11.3 Å². The lowest BCUT2D eigenvalue weighted by molar-refractivity contribution is 0.0697. The number of benzene rings is 1. The second kappa shape index (κ2) is 5.27. The van der Waals surface area contributed by atoms with Gasteiger partial charge < -0.3 is 9.84 Å². The Morgan fingerprint density at radius 1 is 1.53 bits per heavy atom. The predicted octanol–water partition coefficient (Wildman–Crippen LogP) is 3.11. The summed E-state index contributed by atoms with van der Waals surface area (Å²) >= 11 is 1.58. The SMILES string of the molecule is O=C(O)c1ccc2nc(CCC3CCCO3)sc2c1. The van der Waals surface area contributed by atoms with Gasteiger partial charge in [0.05, 0.1) is 26.9 Å². The maximum absolute atomic E-state index is 10.9. The molecule has 100 valence electrons. The summed E-state index contributed by atoms with van der Waals surface area (Å²) in [6, 6.07) is 5.09. The third-order valence-electron chi connectivity index (χ3n) is 3.38. The van der Waals surface area contributed by atoms with E-state index < -0.39 is 5.97 Å². The fraction of sp³-hybridized carbons (Fsp3) is 0.429. The van der Waals surface area contributed by atoms with Crippen molar-refractivity contribution in [1.29, 1.82) is 0 Å². The third-order valence-corrected chi connectivity index (χ3v) is 4.46. The first kappa shape index (κ1) is 12.6. The molecule has 19 heavy (non-hydrogen) atoms. The van der Waals surface area contributed by atoms with Crippen LogP contribution in [0.5, 0.6) is 0 Å². The lowest BCUT2D eigenvalue weighted by atomic mass is 10.1. The molecule has 0 aliphatic carbocycles. The van der Waals surface area contributed by atoms with Gasteiger partial charge in [0, 0.05) is 13.0 Å². The molecule has 1 aromatic heterocycles. The van der Waals surface area contributed by atoms with Crippen LogP contribution < -0.4 is 0 Å². The minimum atomic E-state index is -0.892. The summed E-state index contributed by atoms with van der Waals surface area (Å²) in [5.74, 6) is -0.892. The molecule has 1 aromatic carbocycles. The summed E-state index contributed by atoms with van der Waals surface area (Å²) < 4.78 is 6.54. The van der Waals surface area contributed by atoms with Crippen molar-refractivity contribution in [2.75, 3.05) is 6.61 Å². The molecule has 1 aliphatic rings. The lowest BCUT2D eigenvalue weighted by Gasteiger charge is -2.06. The summed E-state index contributed by atoms with van der Waals surface area (Å²) in [6.07, 6.45) is 4.60. The Balaban J connectivity index is 1.75. The Morgan fingerprint density at radius 2 is 2.42 bits per heavy atom. The number of aryl methyl sites for hydroxylation is 1. The number of carboxylic acids is 1. The molecule has 1 unspecified atom stereocenters. The molecule has 5 heteroatoms. The number of carbonyl (C=O) groups is 1. The first-order valence-electron chi connectivity index (χ1n) is 6.47. The lowest BCUT2D eigenvalue weighted by Crippen LogP contribution is -2.05. The summed E-state index contributed by atoms with van der Waals surface area (Å²) in [7, 11) is 0. The topological polar surface area (TPSA) is 59.4 Å². The van der Waals surface area contributed by atoms with Gasteiger partial charge in [0.2, 0.25) is 0 Å². The highest BCUT2D eigenvalue weighted by molar-refractivity contribution is 7.18. The zero-order chi connectivity index (χ0) is 13.2. The Morgan fingerprint density at radius 3 is 3.16 bits per heavy atom. The first-order chi connectivity index (χ1) is 9.22. The summed E-state index contributed by atoms with van der Waals surface area (Å²) in [6.45, 7) is 0.881. The Hall–Kier alpha value is -1.46. The summed E-state index contributed by atoms with van der Waals surface area (Å²) in [4.78, 5) is 15.5. The number of thiazole rings is 1. The normalized spacial score (nSPS) is 19.1. The molecule has 1 atom stereocenters. The van der Waals surface area contributed by atoms with Crippen molar-refractivity contribution in [2.24, 2.45) is 0 Å².